The Hall–Kier alpha value is -11.1. The van der Waals surface area contributed by atoms with Crippen LogP contribution in [0.1, 0.15) is 0 Å². The Kier molecular flexibility index (Phi) is 12.3. The van der Waals surface area contributed by atoms with Crippen molar-refractivity contribution in [3.63, 3.8) is 0 Å². The minimum Gasteiger partial charge on any atom is -0.458 e. The molecule has 0 N–H and O–H groups in total. The molecule has 2 aromatic heterocycles. The maximum Gasteiger partial charge on any atom is 0.281 e. The van der Waals surface area contributed by atoms with Crippen molar-refractivity contribution in [1.29, 1.82) is 0 Å². The molecule has 0 saturated heterocycles. The van der Waals surface area contributed by atoms with Crippen molar-refractivity contribution in [3.8, 4) is 34.5 Å². The van der Waals surface area contributed by atoms with Crippen LogP contribution in [0.2, 0.25) is 0 Å². The first-order chi connectivity index (χ1) is 46.6. The minimum atomic E-state index is -0.712. The summed E-state index contributed by atoms with van der Waals surface area (Å²) in [5.74, 6) is 1.10. The number of nitrogens with zero attached hydrogens (tertiary/aromatic N) is 6. The summed E-state index contributed by atoms with van der Waals surface area (Å²) in [5, 5.41) is 0. The number of rotatable bonds is 9. The van der Waals surface area contributed by atoms with E-state index >= 15 is 17.6 Å². The third-order valence-corrected chi connectivity index (χ3v) is 22.0. The van der Waals surface area contributed by atoms with Crippen LogP contribution in [-0.2, 0) is 0 Å². The second-order valence-corrected chi connectivity index (χ2v) is 26.7. The molecule has 454 valence electrons. The fourth-order valence-corrected chi connectivity index (χ4v) is 18.6. The second kappa shape index (κ2) is 21.0. The van der Waals surface area contributed by atoms with Crippen molar-refractivity contribution in [3.05, 3.63) is 266 Å². The molecule has 0 saturated carbocycles. The molecule has 0 bridgehead atoms. The summed E-state index contributed by atoms with van der Waals surface area (Å²) in [6.45, 7) is -1.02. The van der Waals surface area contributed by atoms with E-state index in [-0.39, 0.29) is 31.5 Å². The molecule has 95 heavy (non-hydrogen) atoms. The zero-order chi connectivity index (χ0) is 63.6. The predicted molar refractivity (Wildman–Crippen MR) is 383 cm³/mol. The van der Waals surface area contributed by atoms with Crippen LogP contribution < -0.4 is 90.0 Å². The van der Waals surface area contributed by atoms with E-state index < -0.39 is 23.3 Å². The minimum absolute atomic E-state index is 0.204. The summed E-state index contributed by atoms with van der Waals surface area (Å²) in [4.78, 5) is 12.3. The number of benzene rings is 11. The van der Waals surface area contributed by atoms with E-state index in [1.165, 1.54) is 36.4 Å². The van der Waals surface area contributed by atoms with E-state index in [0.29, 0.717) is 57.2 Å². The van der Waals surface area contributed by atoms with Gasteiger partial charge in [-0.05, 0) is 130 Å². The lowest BCUT2D eigenvalue weighted by Gasteiger charge is -2.41. The van der Waals surface area contributed by atoms with Gasteiger partial charge in [0.2, 0.25) is 0 Å². The fourth-order valence-electron chi connectivity index (χ4n) is 15.4. The first kappa shape index (κ1) is 55.6. The quantitative estimate of drug-likeness (QED) is 0.104. The molecule has 0 aliphatic carbocycles. The van der Waals surface area contributed by atoms with Crippen LogP contribution in [0.15, 0.2) is 243 Å². The number of halogens is 4. The van der Waals surface area contributed by atoms with Crippen molar-refractivity contribution in [2.75, 3.05) is 50.5 Å². The smallest absolute Gasteiger partial charge is 0.281 e. The van der Waals surface area contributed by atoms with Crippen molar-refractivity contribution in [1.82, 2.24) is 0 Å². The van der Waals surface area contributed by atoms with Crippen LogP contribution in [0.3, 0.4) is 0 Å². The van der Waals surface area contributed by atoms with E-state index in [1.807, 2.05) is 127 Å². The lowest BCUT2D eigenvalue weighted by molar-refractivity contribution is 0.486. The van der Waals surface area contributed by atoms with Gasteiger partial charge >= 0.3 is 0 Å². The molecule has 13 aromatic rings. The van der Waals surface area contributed by atoms with Gasteiger partial charge < -0.3 is 43.6 Å². The Morgan fingerprint density at radius 2 is 0.632 bits per heavy atom. The van der Waals surface area contributed by atoms with E-state index in [4.69, 9.17) is 14.2 Å². The monoisotopic (exact) mass is 1280 g/mol. The standard InChI is InChI=1S/C77H49B3F4N6O3S2/c1-85-57-39-49(89(46-26-12-6-13-27-46)68-53(81)32-20-33-54(68)82)42-62-65(57)78(51-30-16-18-36-60(51)91-62)74-70(85)71-75(94-74)80-67-59(86(71)2)38-48(88(44-22-8-4-9-23-44)45-24-10-5-11-25-45)41-64(67)93-73-72-76(95-77(73)80)79-52-31-17-19-37-61(52)92-63-43-50(40-58(66(63)79)87(72)3)90(47-28-14-7-15-29-47)69-55(83)34-21-35-56(69)84/h4-43H,1-3H3. The van der Waals surface area contributed by atoms with Gasteiger partial charge in [0.15, 0.2) is 5.75 Å². The molecular formula is C77H49B3F4N6O3S2. The number of ether oxygens (including phenoxy) is 3. The van der Waals surface area contributed by atoms with Crippen LogP contribution >= 0.6 is 22.7 Å². The Morgan fingerprint density at radius 3 is 1.06 bits per heavy atom. The number of hydrogen-bond acceptors (Lipinski definition) is 11. The molecule has 9 nitrogen and oxygen atoms in total. The summed E-state index contributed by atoms with van der Waals surface area (Å²) in [6, 6.07) is 75.9. The summed E-state index contributed by atoms with van der Waals surface area (Å²) in [6.07, 6.45) is 0. The number of para-hydroxylation sites is 8. The second-order valence-electron chi connectivity index (χ2n) is 24.5. The highest BCUT2D eigenvalue weighted by Gasteiger charge is 2.54. The molecule has 0 fully saturated rings. The average Bonchev–Trinajstić information content (AvgIpc) is 1.56. The highest BCUT2D eigenvalue weighted by molar-refractivity contribution is 7.44. The zero-order valence-corrected chi connectivity index (χ0v) is 52.7. The Labute approximate surface area is 553 Å². The summed E-state index contributed by atoms with van der Waals surface area (Å²) in [7, 11) is 6.30. The van der Waals surface area contributed by atoms with Crippen LogP contribution in [0, 0.1) is 23.3 Å². The molecule has 0 amide bonds. The predicted octanol–water partition coefficient (Wildman–Crippen LogP) is 14.9. The summed E-state index contributed by atoms with van der Waals surface area (Å²) >= 11 is 3.55. The van der Waals surface area contributed by atoms with Gasteiger partial charge in [-0.25, -0.2) is 17.6 Å². The first-order valence-corrected chi connectivity index (χ1v) is 33.0. The SMILES string of the molecule is CN1c2cc(N(c3ccccc3)c3c(F)cccc3F)cc3c2B(c2ccccc2O3)c2sc3c(c21)Oc1cc(N(c2ccccc2)c2ccccc2)cc2c1B3c1sc3c(c1N2C)N(C)c1cc(N(c2ccccc2)c2c(F)cccc2F)cc2c1B3c1ccccc1O2. The molecule has 18 heteroatoms. The van der Waals surface area contributed by atoms with Crippen LogP contribution in [0.25, 0.3) is 0 Å². The lowest BCUT2D eigenvalue weighted by atomic mass is 9.36. The lowest BCUT2D eigenvalue weighted by Crippen LogP contribution is -2.59. The Bertz CT molecular complexity index is 5300. The number of thiophene rings is 2. The topological polar surface area (TPSA) is 47.1 Å². The largest absolute Gasteiger partial charge is 0.458 e. The number of hydrogen-bond donors (Lipinski definition) is 0. The van der Waals surface area contributed by atoms with Crippen molar-refractivity contribution < 1.29 is 31.8 Å². The number of anilines is 15. The van der Waals surface area contributed by atoms with Crippen LogP contribution in [-0.4, -0.2) is 41.3 Å². The normalized spacial score (nSPS) is 13.5. The van der Waals surface area contributed by atoms with Gasteiger partial charge in [-0.1, -0.05) is 121 Å². The van der Waals surface area contributed by atoms with Crippen molar-refractivity contribution in [2.24, 2.45) is 0 Å². The van der Waals surface area contributed by atoms with E-state index in [0.717, 1.165) is 97.6 Å². The molecule has 0 atom stereocenters. The average molecular weight is 1280 g/mol. The van der Waals surface area contributed by atoms with E-state index in [9.17, 15) is 0 Å². The highest BCUT2D eigenvalue weighted by atomic mass is 32.1. The zero-order valence-electron chi connectivity index (χ0n) is 51.1. The fraction of sp³-hybridized carbons (Fsp3) is 0.0390. The molecule has 6 aliphatic heterocycles. The molecular weight excluding hydrogens is 1230 g/mol. The van der Waals surface area contributed by atoms with Gasteiger partial charge in [0.1, 0.15) is 63.4 Å². The molecule has 0 unspecified atom stereocenters. The highest BCUT2D eigenvalue weighted by Crippen LogP contribution is 2.53. The number of fused-ring (bicyclic) bond motifs is 14. The van der Waals surface area contributed by atoms with Crippen LogP contribution in [0.5, 0.6) is 34.5 Å². The van der Waals surface area contributed by atoms with E-state index in [1.54, 1.807) is 32.5 Å². The molecule has 6 aliphatic rings. The molecule has 19 rings (SSSR count). The Balaban J connectivity index is 0.861. The van der Waals surface area contributed by atoms with Gasteiger partial charge in [-0.3, -0.25) is 0 Å². The summed E-state index contributed by atoms with van der Waals surface area (Å²) in [5.41, 5.74) is 14.9. The van der Waals surface area contributed by atoms with E-state index in [2.05, 4.69) is 120 Å². The maximum atomic E-state index is 16.4. The first-order valence-electron chi connectivity index (χ1n) is 31.3. The maximum absolute atomic E-state index is 16.4. The van der Waals surface area contributed by atoms with Crippen molar-refractivity contribution >= 4 is 175 Å². The summed E-state index contributed by atoms with van der Waals surface area (Å²) < 4.78 is 91.8. The van der Waals surface area contributed by atoms with Gasteiger partial charge in [0, 0.05) is 98.3 Å². The van der Waals surface area contributed by atoms with Crippen LogP contribution in [0.4, 0.5) is 103 Å². The molecule has 0 spiro atoms. The Morgan fingerprint density at radius 1 is 0.305 bits per heavy atom. The third-order valence-electron chi connectivity index (χ3n) is 19.4. The van der Waals surface area contributed by atoms with Gasteiger partial charge in [-0.15, -0.1) is 0 Å². The molecule has 8 heterocycles. The van der Waals surface area contributed by atoms with Gasteiger partial charge in [0.25, 0.3) is 20.1 Å². The van der Waals surface area contributed by atoms with Crippen molar-refractivity contribution in [2.45, 2.75) is 0 Å². The molecule has 11 aromatic carbocycles. The molecule has 0 radical (unpaired) electrons. The van der Waals surface area contributed by atoms with Gasteiger partial charge in [0.05, 0.1) is 34.1 Å². The van der Waals surface area contributed by atoms with Gasteiger partial charge in [-0.2, -0.15) is 22.7 Å². The third kappa shape index (κ3) is 8.10.